The maximum atomic E-state index is 12.9. The molecule has 2 aromatic carbocycles. The number of rotatable bonds is 8. The first-order valence-electron chi connectivity index (χ1n) is 9.57. The molecule has 1 N–H and O–H groups in total. The number of aliphatic hydroxyl groups is 1. The lowest BCUT2D eigenvalue weighted by Gasteiger charge is -2.25. The van der Waals surface area contributed by atoms with Crippen molar-refractivity contribution in [2.45, 2.75) is 12.5 Å². The lowest BCUT2D eigenvalue weighted by molar-refractivity contribution is -0.140. The number of likely N-dealkylation sites (tertiary alicyclic amines) is 1. The molecule has 2 aromatic rings. The third-order valence-corrected chi connectivity index (χ3v) is 5.08. The topological polar surface area (TPSA) is 85.3 Å². The van der Waals surface area contributed by atoms with E-state index in [1.807, 2.05) is 0 Å². The van der Waals surface area contributed by atoms with Gasteiger partial charge in [-0.1, -0.05) is 12.1 Å². The Labute approximate surface area is 175 Å². The number of Topliss-reactive ketones (excluding diaryl/α,β-unsaturated/α-hetero) is 1. The summed E-state index contributed by atoms with van der Waals surface area (Å²) in [5.41, 5.74) is 1.21. The summed E-state index contributed by atoms with van der Waals surface area (Å²) in [6, 6.07) is 13.1. The highest BCUT2D eigenvalue weighted by Crippen LogP contribution is 2.40. The van der Waals surface area contributed by atoms with Gasteiger partial charge >= 0.3 is 0 Å². The Bertz CT molecular complexity index is 933. The number of hydrogen-bond donors (Lipinski definition) is 1. The molecule has 0 bridgehead atoms. The lowest BCUT2D eigenvalue weighted by atomic mass is 9.95. The molecule has 30 heavy (non-hydrogen) atoms. The highest BCUT2D eigenvalue weighted by Gasteiger charge is 2.45. The van der Waals surface area contributed by atoms with Crippen molar-refractivity contribution in [3.63, 3.8) is 0 Å². The first-order valence-corrected chi connectivity index (χ1v) is 9.57. The van der Waals surface area contributed by atoms with Crippen LogP contribution in [0.4, 0.5) is 0 Å². The Morgan fingerprint density at radius 1 is 0.933 bits per heavy atom. The summed E-state index contributed by atoms with van der Waals surface area (Å²) in [5, 5.41) is 11.0. The van der Waals surface area contributed by atoms with Crippen LogP contribution < -0.4 is 9.47 Å². The number of aliphatic hydroxyl groups excluding tert-OH is 1. The molecule has 1 aliphatic rings. The quantitative estimate of drug-likeness (QED) is 0.311. The number of amides is 1. The van der Waals surface area contributed by atoms with Crippen LogP contribution in [0.1, 0.15) is 23.6 Å². The second kappa shape index (κ2) is 9.45. The van der Waals surface area contributed by atoms with E-state index in [1.54, 1.807) is 69.9 Å². The third kappa shape index (κ3) is 4.16. The van der Waals surface area contributed by atoms with Gasteiger partial charge < -0.3 is 24.2 Å². The maximum Gasteiger partial charge on any atom is 0.295 e. The van der Waals surface area contributed by atoms with Gasteiger partial charge in [-0.05, 0) is 48.4 Å². The van der Waals surface area contributed by atoms with Crippen molar-refractivity contribution in [2.24, 2.45) is 0 Å². The van der Waals surface area contributed by atoms with Gasteiger partial charge in [0.1, 0.15) is 17.3 Å². The van der Waals surface area contributed by atoms with Crippen molar-refractivity contribution < 1.29 is 28.9 Å². The molecule has 1 atom stereocenters. The Morgan fingerprint density at radius 2 is 1.50 bits per heavy atom. The molecule has 3 rings (SSSR count). The number of carbonyl (C=O) groups excluding carboxylic acids is 2. The van der Waals surface area contributed by atoms with Crippen molar-refractivity contribution in [1.29, 1.82) is 0 Å². The Balaban J connectivity index is 2.08. The number of methoxy groups -OCH3 is 3. The minimum absolute atomic E-state index is 0.0627. The fraction of sp³-hybridized carbons (Fsp3) is 0.304. The molecule has 0 radical (unpaired) electrons. The molecule has 1 fully saturated rings. The van der Waals surface area contributed by atoms with Gasteiger partial charge in [0.25, 0.3) is 11.7 Å². The summed E-state index contributed by atoms with van der Waals surface area (Å²) >= 11 is 0. The van der Waals surface area contributed by atoms with Crippen LogP contribution in [0.2, 0.25) is 0 Å². The van der Waals surface area contributed by atoms with Crippen LogP contribution in [-0.4, -0.2) is 56.2 Å². The number of carbonyl (C=O) groups is 2. The molecule has 0 unspecified atom stereocenters. The van der Waals surface area contributed by atoms with E-state index in [-0.39, 0.29) is 11.3 Å². The molecule has 1 amide bonds. The third-order valence-electron chi connectivity index (χ3n) is 5.08. The zero-order chi connectivity index (χ0) is 21.7. The zero-order valence-electron chi connectivity index (χ0n) is 17.3. The van der Waals surface area contributed by atoms with Crippen LogP contribution in [0.3, 0.4) is 0 Å². The van der Waals surface area contributed by atoms with Crippen molar-refractivity contribution in [1.82, 2.24) is 4.90 Å². The SMILES string of the molecule is COCCCN1C(=O)C(=O)C(=C(O)c2ccc(OC)cc2)[C@@H]1c1ccc(OC)cc1. The monoisotopic (exact) mass is 411 g/mol. The molecule has 0 aromatic heterocycles. The van der Waals surface area contributed by atoms with Gasteiger partial charge in [0, 0.05) is 25.8 Å². The van der Waals surface area contributed by atoms with E-state index >= 15 is 0 Å². The van der Waals surface area contributed by atoms with Crippen molar-refractivity contribution in [2.75, 3.05) is 34.5 Å². The fourth-order valence-electron chi connectivity index (χ4n) is 3.53. The average molecular weight is 411 g/mol. The minimum atomic E-state index is -0.707. The molecule has 1 aliphatic heterocycles. The zero-order valence-corrected chi connectivity index (χ0v) is 17.3. The normalized spacial score (nSPS) is 18.0. The number of hydrogen-bond acceptors (Lipinski definition) is 6. The molecule has 0 aliphatic carbocycles. The van der Waals surface area contributed by atoms with Gasteiger partial charge in [0.05, 0.1) is 25.8 Å². The average Bonchev–Trinajstić information content (AvgIpc) is 3.04. The maximum absolute atomic E-state index is 12.9. The van der Waals surface area contributed by atoms with E-state index in [9.17, 15) is 14.7 Å². The number of ketones is 1. The first kappa shape index (κ1) is 21.4. The number of ether oxygens (including phenoxy) is 3. The van der Waals surface area contributed by atoms with Gasteiger partial charge in [0.15, 0.2) is 0 Å². The van der Waals surface area contributed by atoms with Crippen LogP contribution in [0.5, 0.6) is 11.5 Å². The summed E-state index contributed by atoms with van der Waals surface area (Å²) in [6.45, 7) is 0.783. The van der Waals surface area contributed by atoms with Gasteiger partial charge in [-0.15, -0.1) is 0 Å². The van der Waals surface area contributed by atoms with E-state index in [0.29, 0.717) is 42.2 Å². The van der Waals surface area contributed by atoms with Crippen LogP contribution in [0, 0.1) is 0 Å². The molecule has 0 saturated carbocycles. The summed E-state index contributed by atoms with van der Waals surface area (Å²) in [4.78, 5) is 27.2. The molecule has 1 heterocycles. The minimum Gasteiger partial charge on any atom is -0.507 e. The summed E-state index contributed by atoms with van der Waals surface area (Å²) in [7, 11) is 4.69. The summed E-state index contributed by atoms with van der Waals surface area (Å²) in [5.74, 6) is -0.280. The van der Waals surface area contributed by atoms with Gasteiger partial charge in [0.2, 0.25) is 0 Å². The van der Waals surface area contributed by atoms with Crippen LogP contribution in [0.25, 0.3) is 5.76 Å². The number of nitrogens with zero attached hydrogens (tertiary/aromatic N) is 1. The van der Waals surface area contributed by atoms with E-state index in [1.165, 1.54) is 4.90 Å². The largest absolute Gasteiger partial charge is 0.507 e. The Kier molecular flexibility index (Phi) is 6.74. The van der Waals surface area contributed by atoms with Gasteiger partial charge in [-0.2, -0.15) is 0 Å². The summed E-state index contributed by atoms with van der Waals surface area (Å²) < 4.78 is 15.4. The highest BCUT2D eigenvalue weighted by molar-refractivity contribution is 6.46. The summed E-state index contributed by atoms with van der Waals surface area (Å²) in [6.07, 6.45) is 0.568. The molecule has 7 nitrogen and oxygen atoms in total. The Morgan fingerprint density at radius 3 is 2.03 bits per heavy atom. The second-order valence-electron chi connectivity index (χ2n) is 6.84. The highest BCUT2D eigenvalue weighted by atomic mass is 16.5. The van der Waals surface area contributed by atoms with Crippen LogP contribution in [-0.2, 0) is 14.3 Å². The molecular weight excluding hydrogens is 386 g/mol. The smallest absolute Gasteiger partial charge is 0.295 e. The van der Waals surface area contributed by atoms with Crippen LogP contribution >= 0.6 is 0 Å². The van der Waals surface area contributed by atoms with Gasteiger partial charge in [-0.25, -0.2) is 0 Å². The van der Waals surface area contributed by atoms with Crippen molar-refractivity contribution >= 4 is 17.4 Å². The fourth-order valence-corrected chi connectivity index (χ4v) is 3.53. The van der Waals surface area contributed by atoms with E-state index in [4.69, 9.17) is 14.2 Å². The Hall–Kier alpha value is -3.32. The molecule has 1 saturated heterocycles. The number of benzene rings is 2. The predicted molar refractivity (Wildman–Crippen MR) is 111 cm³/mol. The first-order chi connectivity index (χ1) is 14.5. The van der Waals surface area contributed by atoms with Crippen LogP contribution in [0.15, 0.2) is 54.1 Å². The lowest BCUT2D eigenvalue weighted by Crippen LogP contribution is -2.31. The standard InChI is InChI=1S/C23H25NO6/c1-28-14-4-13-24-20(15-5-9-17(29-2)10-6-15)19(22(26)23(24)27)21(25)16-7-11-18(30-3)12-8-16/h5-12,20,25H,4,13-14H2,1-3H3/t20-/m0/s1. The van der Waals surface area contributed by atoms with Gasteiger partial charge in [-0.3, -0.25) is 9.59 Å². The second-order valence-corrected chi connectivity index (χ2v) is 6.84. The van der Waals surface area contributed by atoms with Crippen molar-refractivity contribution in [3.8, 4) is 11.5 Å². The predicted octanol–water partition coefficient (Wildman–Crippen LogP) is 3.16. The van der Waals surface area contributed by atoms with E-state index in [0.717, 1.165) is 0 Å². The molecule has 7 heteroatoms. The van der Waals surface area contributed by atoms with Crippen molar-refractivity contribution in [3.05, 3.63) is 65.2 Å². The van der Waals surface area contributed by atoms with E-state index < -0.39 is 17.7 Å². The molecule has 158 valence electrons. The molecular formula is C23H25NO6. The molecule has 0 spiro atoms. The van der Waals surface area contributed by atoms with E-state index in [2.05, 4.69) is 0 Å².